The Balaban J connectivity index is 2.64. The molecule has 0 amide bonds. The number of hydrogen-bond acceptors (Lipinski definition) is 2. The van der Waals surface area contributed by atoms with Gasteiger partial charge in [-0.1, -0.05) is 31.5 Å². The third kappa shape index (κ3) is 2.56. The lowest BCUT2D eigenvalue weighted by Crippen LogP contribution is -2.00. The summed E-state index contributed by atoms with van der Waals surface area (Å²) in [6, 6.07) is 4.40. The molecule has 0 spiro atoms. The lowest BCUT2D eigenvalue weighted by molar-refractivity contribution is 0.788. The van der Waals surface area contributed by atoms with Crippen molar-refractivity contribution in [2.24, 2.45) is 5.73 Å². The molecule has 102 valence electrons. The zero-order valence-electron chi connectivity index (χ0n) is 12.5. The van der Waals surface area contributed by atoms with Crippen molar-refractivity contribution in [1.82, 2.24) is 9.97 Å². The number of nitrogens with one attached hydrogen (secondary N) is 1. The fourth-order valence-electron chi connectivity index (χ4n) is 2.61. The number of aromatic nitrogens is 2. The predicted octanol–water partition coefficient (Wildman–Crippen LogP) is 3.58. The highest BCUT2D eigenvalue weighted by molar-refractivity contribution is 5.70. The lowest BCUT2D eigenvalue weighted by atomic mass is 9.96. The molecule has 0 unspecified atom stereocenters. The number of aryl methyl sites for hydroxylation is 3. The Bertz CT molecular complexity index is 571. The lowest BCUT2D eigenvalue weighted by Gasteiger charge is -2.10. The van der Waals surface area contributed by atoms with Crippen molar-refractivity contribution >= 4 is 0 Å². The van der Waals surface area contributed by atoms with E-state index in [9.17, 15) is 0 Å². The zero-order valence-corrected chi connectivity index (χ0v) is 12.5. The molecule has 0 aliphatic heterocycles. The Labute approximate surface area is 115 Å². The normalized spacial score (nSPS) is 11.3. The van der Waals surface area contributed by atoms with E-state index < -0.39 is 0 Å². The second-order valence-corrected chi connectivity index (χ2v) is 5.58. The molecule has 3 nitrogen and oxygen atoms in total. The first-order valence-electron chi connectivity index (χ1n) is 6.81. The molecule has 0 aliphatic rings. The number of imidazole rings is 1. The summed E-state index contributed by atoms with van der Waals surface area (Å²) in [6.07, 6.45) is 0. The SMILES string of the molecule is Cc1cc(C)c(-c2nc(C(C)C)[nH]c2CN)c(C)c1. The highest BCUT2D eigenvalue weighted by Gasteiger charge is 2.16. The van der Waals surface area contributed by atoms with Crippen LogP contribution in [-0.2, 0) is 6.54 Å². The third-order valence-electron chi connectivity index (χ3n) is 3.46. The van der Waals surface area contributed by atoms with E-state index in [1.165, 1.54) is 22.3 Å². The first-order chi connectivity index (χ1) is 8.93. The molecule has 1 aromatic carbocycles. The smallest absolute Gasteiger partial charge is 0.109 e. The minimum atomic E-state index is 0.380. The van der Waals surface area contributed by atoms with Gasteiger partial charge in [-0.15, -0.1) is 0 Å². The van der Waals surface area contributed by atoms with Crippen LogP contribution in [0.25, 0.3) is 11.3 Å². The van der Waals surface area contributed by atoms with Crippen LogP contribution in [0.15, 0.2) is 12.1 Å². The van der Waals surface area contributed by atoms with Gasteiger partial charge in [-0.05, 0) is 31.9 Å². The van der Waals surface area contributed by atoms with Crippen LogP contribution in [0, 0.1) is 20.8 Å². The van der Waals surface area contributed by atoms with Gasteiger partial charge >= 0.3 is 0 Å². The maximum absolute atomic E-state index is 5.86. The van der Waals surface area contributed by atoms with E-state index >= 15 is 0 Å². The molecular formula is C16H23N3. The van der Waals surface area contributed by atoms with Crippen LogP contribution in [-0.4, -0.2) is 9.97 Å². The third-order valence-corrected chi connectivity index (χ3v) is 3.46. The number of nitrogens with zero attached hydrogens (tertiary/aromatic N) is 1. The van der Waals surface area contributed by atoms with E-state index in [0.717, 1.165) is 17.2 Å². The van der Waals surface area contributed by atoms with Crippen molar-refractivity contribution in [3.05, 3.63) is 40.3 Å². The van der Waals surface area contributed by atoms with Crippen LogP contribution in [0.2, 0.25) is 0 Å². The monoisotopic (exact) mass is 257 g/mol. The maximum atomic E-state index is 5.86. The van der Waals surface area contributed by atoms with Gasteiger partial charge in [0.2, 0.25) is 0 Å². The van der Waals surface area contributed by atoms with Gasteiger partial charge < -0.3 is 10.7 Å². The highest BCUT2D eigenvalue weighted by Crippen LogP contribution is 2.30. The van der Waals surface area contributed by atoms with Gasteiger partial charge in [0.15, 0.2) is 0 Å². The van der Waals surface area contributed by atoms with E-state index in [1.807, 2.05) is 0 Å². The summed E-state index contributed by atoms with van der Waals surface area (Å²) in [6.45, 7) is 11.2. The zero-order chi connectivity index (χ0) is 14.2. The van der Waals surface area contributed by atoms with Crippen molar-refractivity contribution < 1.29 is 0 Å². The van der Waals surface area contributed by atoms with Crippen LogP contribution in [0.5, 0.6) is 0 Å². The average molecular weight is 257 g/mol. The van der Waals surface area contributed by atoms with E-state index in [2.05, 4.69) is 51.7 Å². The van der Waals surface area contributed by atoms with E-state index in [0.29, 0.717) is 12.5 Å². The molecule has 0 fully saturated rings. The Morgan fingerprint density at radius 3 is 2.21 bits per heavy atom. The van der Waals surface area contributed by atoms with Gasteiger partial charge in [0.05, 0.1) is 11.4 Å². The first-order valence-corrected chi connectivity index (χ1v) is 6.81. The summed E-state index contributed by atoms with van der Waals surface area (Å²) >= 11 is 0. The summed E-state index contributed by atoms with van der Waals surface area (Å²) in [5, 5.41) is 0. The Hall–Kier alpha value is -1.61. The minimum absolute atomic E-state index is 0.380. The molecular weight excluding hydrogens is 234 g/mol. The van der Waals surface area contributed by atoms with Gasteiger partial charge in [0.25, 0.3) is 0 Å². The Kier molecular flexibility index (Phi) is 3.76. The van der Waals surface area contributed by atoms with Gasteiger partial charge in [-0.2, -0.15) is 0 Å². The van der Waals surface area contributed by atoms with Crippen molar-refractivity contribution in [3.8, 4) is 11.3 Å². The van der Waals surface area contributed by atoms with E-state index in [1.54, 1.807) is 0 Å². The molecule has 3 heteroatoms. The number of H-pyrrole nitrogens is 1. The molecule has 1 aromatic heterocycles. The van der Waals surface area contributed by atoms with Crippen LogP contribution in [0.3, 0.4) is 0 Å². The highest BCUT2D eigenvalue weighted by atomic mass is 15.0. The molecule has 0 aliphatic carbocycles. The Morgan fingerprint density at radius 1 is 1.16 bits per heavy atom. The number of aromatic amines is 1. The second kappa shape index (κ2) is 5.17. The molecule has 0 saturated carbocycles. The van der Waals surface area contributed by atoms with E-state index in [4.69, 9.17) is 10.7 Å². The minimum Gasteiger partial charge on any atom is -0.344 e. The van der Waals surface area contributed by atoms with Gasteiger partial charge in [0, 0.05) is 18.0 Å². The summed E-state index contributed by atoms with van der Waals surface area (Å²) < 4.78 is 0. The number of nitrogens with two attached hydrogens (primary N) is 1. The number of benzene rings is 1. The molecule has 2 aromatic rings. The number of rotatable bonds is 3. The first kappa shape index (κ1) is 13.8. The molecule has 0 radical (unpaired) electrons. The molecule has 3 N–H and O–H groups in total. The molecule has 1 heterocycles. The van der Waals surface area contributed by atoms with E-state index in [-0.39, 0.29) is 0 Å². The standard InChI is InChI=1S/C16H23N3/c1-9(2)16-18-13(8-17)15(19-16)14-11(4)6-10(3)7-12(14)5/h6-7,9H,8,17H2,1-5H3,(H,18,19). The number of hydrogen-bond donors (Lipinski definition) is 2. The van der Waals surface area contributed by atoms with Gasteiger partial charge in [0.1, 0.15) is 5.82 Å². The summed E-state index contributed by atoms with van der Waals surface area (Å²) in [5.41, 5.74) is 12.9. The molecule has 0 atom stereocenters. The van der Waals surface area contributed by atoms with Gasteiger partial charge in [-0.3, -0.25) is 0 Å². The van der Waals surface area contributed by atoms with Crippen LogP contribution in [0.1, 0.15) is 48.0 Å². The van der Waals surface area contributed by atoms with Crippen molar-refractivity contribution in [3.63, 3.8) is 0 Å². The quantitative estimate of drug-likeness (QED) is 0.883. The van der Waals surface area contributed by atoms with Crippen molar-refractivity contribution in [2.75, 3.05) is 0 Å². The summed E-state index contributed by atoms with van der Waals surface area (Å²) in [5.74, 6) is 1.39. The maximum Gasteiger partial charge on any atom is 0.109 e. The molecule has 19 heavy (non-hydrogen) atoms. The van der Waals surface area contributed by atoms with Crippen molar-refractivity contribution in [1.29, 1.82) is 0 Å². The topological polar surface area (TPSA) is 54.7 Å². The molecule has 0 saturated heterocycles. The van der Waals surface area contributed by atoms with Crippen LogP contribution in [0.4, 0.5) is 0 Å². The molecule has 0 bridgehead atoms. The molecule has 2 rings (SSSR count). The average Bonchev–Trinajstić information content (AvgIpc) is 2.71. The van der Waals surface area contributed by atoms with Crippen molar-refractivity contribution in [2.45, 2.75) is 47.1 Å². The predicted molar refractivity (Wildman–Crippen MR) is 80.2 cm³/mol. The van der Waals surface area contributed by atoms with Crippen LogP contribution < -0.4 is 5.73 Å². The second-order valence-electron chi connectivity index (χ2n) is 5.58. The largest absolute Gasteiger partial charge is 0.344 e. The fourth-order valence-corrected chi connectivity index (χ4v) is 2.61. The Morgan fingerprint density at radius 2 is 1.74 bits per heavy atom. The summed E-state index contributed by atoms with van der Waals surface area (Å²) in [4.78, 5) is 8.13. The van der Waals surface area contributed by atoms with Gasteiger partial charge in [-0.25, -0.2) is 4.98 Å². The fraction of sp³-hybridized carbons (Fsp3) is 0.438. The summed E-state index contributed by atoms with van der Waals surface area (Å²) in [7, 11) is 0. The van der Waals surface area contributed by atoms with Crippen LogP contribution >= 0.6 is 0 Å².